The number of carbonyl (C=O) groups is 3. The number of ketones is 1. The van der Waals surface area contributed by atoms with Gasteiger partial charge in [-0.1, -0.05) is 38.2 Å². The minimum atomic E-state index is -1.72. The highest BCUT2D eigenvalue weighted by molar-refractivity contribution is 5.91. The van der Waals surface area contributed by atoms with E-state index in [-0.39, 0.29) is 72.5 Å². The largest absolute Gasteiger partial charge is 0.461 e. The van der Waals surface area contributed by atoms with Gasteiger partial charge in [0, 0.05) is 30.1 Å². The van der Waals surface area contributed by atoms with E-state index in [1.54, 1.807) is 0 Å². The minimum absolute atomic E-state index is 0.0396. The third kappa shape index (κ3) is 2.59. The number of rotatable bonds is 0. The molecule has 5 saturated carbocycles. The number of Topliss-reactive ketones (excluding diaryl/α,β-unsaturated/α-hetero) is 1. The summed E-state index contributed by atoms with van der Waals surface area (Å²) in [4.78, 5) is 39.6. The average molecular weight is 511 g/mol. The van der Waals surface area contributed by atoms with Crippen LogP contribution in [-0.4, -0.2) is 51.3 Å². The summed E-state index contributed by atoms with van der Waals surface area (Å²) in [5.74, 6) is -2.52. The Bertz CT molecular complexity index is 1140. The Morgan fingerprint density at radius 3 is 1.95 bits per heavy atom. The second-order valence-electron chi connectivity index (χ2n) is 13.5. The van der Waals surface area contributed by atoms with Crippen molar-refractivity contribution < 1.29 is 34.1 Å². The van der Waals surface area contributed by atoms with Gasteiger partial charge < -0.3 is 19.7 Å². The first-order valence-corrected chi connectivity index (χ1v) is 14.2. The second kappa shape index (κ2) is 7.35. The predicted molar refractivity (Wildman–Crippen MR) is 132 cm³/mol. The van der Waals surface area contributed by atoms with Gasteiger partial charge in [-0.2, -0.15) is 0 Å². The Balaban J connectivity index is 1.38. The van der Waals surface area contributed by atoms with Crippen molar-refractivity contribution in [3.63, 3.8) is 0 Å². The average Bonchev–Trinajstić information content (AvgIpc) is 3.49. The molecule has 0 amide bonds. The number of fused-ring (bicyclic) bond motifs is 10. The van der Waals surface area contributed by atoms with Crippen molar-refractivity contribution in [2.24, 2.45) is 52.8 Å². The molecule has 0 bridgehead atoms. The van der Waals surface area contributed by atoms with Gasteiger partial charge >= 0.3 is 11.9 Å². The molecule has 5 aliphatic carbocycles. The Morgan fingerprint density at radius 1 is 0.811 bits per heavy atom. The van der Waals surface area contributed by atoms with Crippen LogP contribution in [0.3, 0.4) is 0 Å². The highest BCUT2D eigenvalue weighted by atomic mass is 16.6. The van der Waals surface area contributed by atoms with E-state index < -0.39 is 40.7 Å². The Morgan fingerprint density at radius 2 is 1.35 bits per heavy atom. The van der Waals surface area contributed by atoms with Gasteiger partial charge in [0.15, 0.2) is 0 Å². The van der Waals surface area contributed by atoms with Crippen LogP contribution >= 0.6 is 0 Å². The molecule has 37 heavy (non-hydrogen) atoms. The lowest BCUT2D eigenvalue weighted by molar-refractivity contribution is -0.205. The van der Waals surface area contributed by atoms with Crippen molar-refractivity contribution in [3.05, 3.63) is 24.3 Å². The Hall–Kier alpha value is -1.99. The van der Waals surface area contributed by atoms with Gasteiger partial charge in [-0.25, -0.2) is 0 Å². The maximum atomic E-state index is 14.2. The van der Waals surface area contributed by atoms with E-state index >= 15 is 0 Å². The summed E-state index contributed by atoms with van der Waals surface area (Å²) in [6.45, 7) is 12.5. The molecule has 7 aliphatic rings. The fourth-order valence-corrected chi connectivity index (χ4v) is 10.6. The molecule has 7 fully saturated rings. The molecule has 7 heteroatoms. The Kier molecular flexibility index (Phi) is 4.78. The van der Waals surface area contributed by atoms with Crippen LogP contribution in [0.15, 0.2) is 24.3 Å². The fourth-order valence-electron chi connectivity index (χ4n) is 10.6. The molecule has 0 aromatic carbocycles. The second-order valence-corrected chi connectivity index (χ2v) is 13.5. The third-order valence-electron chi connectivity index (χ3n) is 12.5. The topological polar surface area (TPSA) is 110 Å². The summed E-state index contributed by atoms with van der Waals surface area (Å²) in [6, 6.07) is 0. The maximum absolute atomic E-state index is 14.2. The van der Waals surface area contributed by atoms with Gasteiger partial charge in [-0.15, -0.1) is 0 Å². The van der Waals surface area contributed by atoms with Crippen molar-refractivity contribution >= 4 is 17.7 Å². The van der Waals surface area contributed by atoms with Crippen LogP contribution in [0.4, 0.5) is 0 Å². The van der Waals surface area contributed by atoms with E-state index in [0.29, 0.717) is 12.8 Å². The molecule has 0 aromatic heterocycles. The predicted octanol–water partition coefficient (Wildman–Crippen LogP) is 3.13. The van der Waals surface area contributed by atoms with E-state index in [2.05, 4.69) is 13.2 Å². The lowest BCUT2D eigenvalue weighted by Crippen LogP contribution is -2.63. The zero-order valence-electron chi connectivity index (χ0n) is 21.8. The van der Waals surface area contributed by atoms with Crippen molar-refractivity contribution in [1.29, 1.82) is 0 Å². The smallest absolute Gasteiger partial charge is 0.309 e. The van der Waals surface area contributed by atoms with E-state index in [9.17, 15) is 24.6 Å². The summed E-state index contributed by atoms with van der Waals surface area (Å²) in [7, 11) is 0. The molecular weight excluding hydrogens is 472 g/mol. The number of hydrogen-bond acceptors (Lipinski definition) is 7. The van der Waals surface area contributed by atoms with Gasteiger partial charge in [-0.3, -0.25) is 14.4 Å². The summed E-state index contributed by atoms with van der Waals surface area (Å²) < 4.78 is 12.0. The van der Waals surface area contributed by atoms with Gasteiger partial charge in [-0.05, 0) is 56.8 Å². The summed E-state index contributed by atoms with van der Waals surface area (Å²) in [6.07, 6.45) is 3.04. The van der Waals surface area contributed by atoms with Crippen LogP contribution < -0.4 is 0 Å². The standard InChI is InChI=1S/C30H38O7/c1-13-5-7-17-15(3)26(32)36-24(17)22-19(13)11-21(31)28(22)9-10-29(34)23-20(12-30(28,29)35)14(2)6-8-18-16(4)27(33)37-25(18)23/h15-20,22-25,34-35H,1-2,5-12H2,3-4H3/t15-,16-,17-,18-,19-,20-,22-,23-,24-,25-,28+,29-,30-/m0/s1. The van der Waals surface area contributed by atoms with Crippen LogP contribution in [0.25, 0.3) is 0 Å². The van der Waals surface area contributed by atoms with Gasteiger partial charge in [0.25, 0.3) is 0 Å². The molecule has 2 saturated heterocycles. The molecule has 200 valence electrons. The molecule has 2 N–H and O–H groups in total. The van der Waals surface area contributed by atoms with Crippen molar-refractivity contribution in [3.8, 4) is 0 Å². The summed E-state index contributed by atoms with van der Waals surface area (Å²) >= 11 is 0. The van der Waals surface area contributed by atoms with Crippen LogP contribution in [-0.2, 0) is 23.9 Å². The first-order chi connectivity index (χ1) is 17.5. The number of ether oxygens (including phenoxy) is 2. The van der Waals surface area contributed by atoms with E-state index in [4.69, 9.17) is 9.47 Å². The zero-order chi connectivity index (χ0) is 26.2. The summed E-state index contributed by atoms with van der Waals surface area (Å²) in [5, 5.41) is 25.4. The van der Waals surface area contributed by atoms with Crippen LogP contribution in [0, 0.1) is 52.8 Å². The zero-order valence-corrected chi connectivity index (χ0v) is 21.8. The quantitative estimate of drug-likeness (QED) is 0.381. The minimum Gasteiger partial charge on any atom is -0.461 e. The molecular formula is C30H38O7. The van der Waals surface area contributed by atoms with Crippen molar-refractivity contribution in [2.45, 2.75) is 88.6 Å². The van der Waals surface area contributed by atoms with Crippen molar-refractivity contribution in [2.75, 3.05) is 0 Å². The molecule has 7 nitrogen and oxygen atoms in total. The van der Waals surface area contributed by atoms with Gasteiger partial charge in [0.05, 0.1) is 17.3 Å². The molecule has 0 radical (unpaired) electrons. The normalized spacial score (nSPS) is 56.3. The molecule has 7 rings (SSSR count). The van der Waals surface area contributed by atoms with Crippen LogP contribution in [0.2, 0.25) is 0 Å². The SMILES string of the molecule is C=C1CC[C@@H]2[C@H](OC(=O)[C@H]2C)[C@@H]2[C@H]1C[C@@]1(O)[C@]2(O)CC[C@]12C(=O)C[C@H]1C(=C)CC[C@@H]3[C@H](OC(=O)[C@H]3C)[C@H]12. The van der Waals surface area contributed by atoms with Gasteiger partial charge in [0.2, 0.25) is 0 Å². The summed E-state index contributed by atoms with van der Waals surface area (Å²) in [5.41, 5.74) is -2.60. The number of carbonyl (C=O) groups excluding carboxylic acids is 3. The fraction of sp³-hybridized carbons (Fsp3) is 0.767. The van der Waals surface area contributed by atoms with Crippen molar-refractivity contribution in [1.82, 2.24) is 0 Å². The van der Waals surface area contributed by atoms with Crippen LogP contribution in [0.1, 0.15) is 65.2 Å². The van der Waals surface area contributed by atoms with E-state index in [0.717, 1.165) is 30.4 Å². The van der Waals surface area contributed by atoms with Gasteiger partial charge in [0.1, 0.15) is 29.2 Å². The number of aliphatic hydroxyl groups is 2. The molecule has 0 unspecified atom stereocenters. The first kappa shape index (κ1) is 24.1. The molecule has 2 aliphatic heterocycles. The number of esters is 2. The number of hydrogen-bond donors (Lipinski definition) is 2. The highest BCUT2D eigenvalue weighted by Gasteiger charge is 2.83. The number of allylic oxidation sites excluding steroid dienone is 2. The lowest BCUT2D eigenvalue weighted by atomic mass is 9.59. The third-order valence-corrected chi connectivity index (χ3v) is 12.5. The first-order valence-electron chi connectivity index (χ1n) is 14.2. The lowest BCUT2D eigenvalue weighted by Gasteiger charge is -2.48. The molecule has 2 heterocycles. The molecule has 1 spiro atoms. The molecule has 13 atom stereocenters. The Labute approximate surface area is 217 Å². The van der Waals surface area contributed by atoms with E-state index in [1.807, 2.05) is 13.8 Å². The highest BCUT2D eigenvalue weighted by Crippen LogP contribution is 2.74. The molecule has 0 aromatic rings. The monoisotopic (exact) mass is 510 g/mol. The van der Waals surface area contributed by atoms with E-state index in [1.165, 1.54) is 0 Å². The van der Waals surface area contributed by atoms with Crippen LogP contribution in [0.5, 0.6) is 0 Å². The maximum Gasteiger partial charge on any atom is 0.309 e.